The van der Waals surface area contributed by atoms with Crippen LogP contribution in [0.2, 0.25) is 10.0 Å². The maximum atomic E-state index is 14.5. The second kappa shape index (κ2) is 11.6. The Kier molecular flexibility index (Phi) is 8.83. The van der Waals surface area contributed by atoms with Crippen molar-refractivity contribution in [2.45, 2.75) is 83.2 Å². The molecule has 0 bridgehead atoms. The van der Waals surface area contributed by atoms with Crippen molar-refractivity contribution in [2.75, 3.05) is 13.1 Å². The number of Topliss-reactive ketones (excluding diaryl/α,β-unsaturated/α-hetero) is 1. The first-order valence-corrected chi connectivity index (χ1v) is 14.1. The molecule has 13 heteroatoms. The van der Waals surface area contributed by atoms with E-state index >= 15 is 0 Å². The number of carboxylic acids is 1. The van der Waals surface area contributed by atoms with Crippen molar-refractivity contribution in [3.05, 3.63) is 51.3 Å². The number of nitrogens with zero attached hydrogens (tertiary/aromatic N) is 3. The zero-order valence-electron chi connectivity index (χ0n) is 22.9. The molecule has 1 aromatic carbocycles. The molecule has 224 valence electrons. The molecule has 2 fully saturated rings. The number of carbonyl (C=O) groups is 3. The maximum Gasteiger partial charge on any atom is 0.433 e. The highest BCUT2D eigenvalue weighted by molar-refractivity contribution is 6.40. The summed E-state index contributed by atoms with van der Waals surface area (Å²) in [6, 6.07) is 3.73. The Morgan fingerprint density at radius 2 is 1.71 bits per heavy atom. The van der Waals surface area contributed by atoms with Crippen LogP contribution >= 0.6 is 23.2 Å². The summed E-state index contributed by atoms with van der Waals surface area (Å²) in [6.07, 6.45) is -2.71. The minimum absolute atomic E-state index is 0.0308. The van der Waals surface area contributed by atoms with Gasteiger partial charge in [0.05, 0.1) is 57.1 Å². The molecule has 1 N–H and O–H groups in total. The minimum Gasteiger partial charge on any atom is -0.481 e. The fourth-order valence-corrected chi connectivity index (χ4v) is 6.24. The van der Waals surface area contributed by atoms with E-state index in [2.05, 4.69) is 5.10 Å². The van der Waals surface area contributed by atoms with Gasteiger partial charge in [0.2, 0.25) is 0 Å². The Morgan fingerprint density at radius 1 is 1.10 bits per heavy atom. The fourth-order valence-electron chi connectivity index (χ4n) is 5.63. The fraction of sp³-hybridized carbons (Fsp3) is 0.571. The molecule has 0 radical (unpaired) electrons. The summed E-state index contributed by atoms with van der Waals surface area (Å²) in [7, 11) is 0. The standard InChI is InChI=1S/C28H32Cl2F3N3O5/c1-26(2)10-9-17(41-26)14-35(15-21(37)22-19(29)5-4-6-20(22)30)24(38)18-13-34-36(23(18)28(31,32)33)16-7-11-27(3,12-8-16)25(39)40/h4-6,13,16-17H,7-12,14-15H2,1-3H3,(H,39,40)/t16?,17-,27?/m0/s1. The van der Waals surface area contributed by atoms with Gasteiger partial charge in [-0.2, -0.15) is 18.3 Å². The van der Waals surface area contributed by atoms with Crippen LogP contribution in [0.3, 0.4) is 0 Å². The molecule has 1 saturated heterocycles. The first-order chi connectivity index (χ1) is 19.0. The molecule has 41 heavy (non-hydrogen) atoms. The van der Waals surface area contributed by atoms with E-state index in [0.29, 0.717) is 12.8 Å². The van der Waals surface area contributed by atoms with E-state index in [4.69, 9.17) is 27.9 Å². The Morgan fingerprint density at radius 3 is 2.22 bits per heavy atom. The number of hydrogen-bond acceptors (Lipinski definition) is 5. The van der Waals surface area contributed by atoms with Crippen molar-refractivity contribution in [1.29, 1.82) is 0 Å². The summed E-state index contributed by atoms with van der Waals surface area (Å²) in [4.78, 5) is 39.8. The van der Waals surface area contributed by atoms with Crippen LogP contribution in [0.25, 0.3) is 0 Å². The lowest BCUT2D eigenvalue weighted by Crippen LogP contribution is -2.42. The van der Waals surface area contributed by atoms with Crippen molar-refractivity contribution in [1.82, 2.24) is 14.7 Å². The predicted molar refractivity (Wildman–Crippen MR) is 145 cm³/mol. The number of hydrogen-bond donors (Lipinski definition) is 1. The molecule has 2 aromatic rings. The van der Waals surface area contributed by atoms with Gasteiger partial charge < -0.3 is 14.7 Å². The monoisotopic (exact) mass is 617 g/mol. The summed E-state index contributed by atoms with van der Waals surface area (Å²) in [5, 5.41) is 13.6. The van der Waals surface area contributed by atoms with Gasteiger partial charge in [0.1, 0.15) is 0 Å². The summed E-state index contributed by atoms with van der Waals surface area (Å²) in [5.74, 6) is -2.66. The van der Waals surface area contributed by atoms with Gasteiger partial charge in [-0.3, -0.25) is 19.1 Å². The summed E-state index contributed by atoms with van der Waals surface area (Å²) in [6.45, 7) is 4.61. The van der Waals surface area contributed by atoms with Crippen molar-refractivity contribution in [2.24, 2.45) is 5.41 Å². The molecule has 1 atom stereocenters. The first-order valence-electron chi connectivity index (χ1n) is 13.3. The molecular formula is C28H32Cl2F3N3O5. The predicted octanol–water partition coefficient (Wildman–Crippen LogP) is 6.70. The Hall–Kier alpha value is -2.63. The normalized spacial score (nSPS) is 24.3. The highest BCUT2D eigenvalue weighted by Crippen LogP contribution is 2.43. The van der Waals surface area contributed by atoms with Gasteiger partial charge in [0.25, 0.3) is 5.91 Å². The SMILES string of the molecule is CC1(C)CC[C@@H](CN(CC(=O)c2c(Cl)cccc2Cl)C(=O)c2cnn(C3CCC(C)(C(=O)O)CC3)c2C(F)(F)F)O1. The summed E-state index contributed by atoms with van der Waals surface area (Å²) in [5.41, 5.74) is -3.47. The number of amides is 1. The summed E-state index contributed by atoms with van der Waals surface area (Å²) >= 11 is 12.4. The number of halogens is 5. The molecule has 1 saturated carbocycles. The van der Waals surface area contributed by atoms with Crippen molar-refractivity contribution in [3.63, 3.8) is 0 Å². The van der Waals surface area contributed by atoms with Crippen LogP contribution < -0.4 is 0 Å². The van der Waals surface area contributed by atoms with E-state index in [0.717, 1.165) is 15.8 Å². The third-order valence-electron chi connectivity index (χ3n) is 8.06. The van der Waals surface area contributed by atoms with Crippen LogP contribution in [0.5, 0.6) is 0 Å². The molecule has 2 aliphatic rings. The minimum atomic E-state index is -4.94. The second-order valence-electron chi connectivity index (χ2n) is 11.7. The van der Waals surface area contributed by atoms with E-state index in [1.807, 2.05) is 13.8 Å². The molecule has 0 unspecified atom stereocenters. The van der Waals surface area contributed by atoms with Crippen LogP contribution in [-0.2, 0) is 15.7 Å². The second-order valence-corrected chi connectivity index (χ2v) is 12.5. The number of aliphatic carboxylic acids is 1. The van der Waals surface area contributed by atoms with E-state index in [9.17, 15) is 32.7 Å². The zero-order valence-corrected chi connectivity index (χ0v) is 24.4. The van der Waals surface area contributed by atoms with E-state index in [-0.39, 0.29) is 47.8 Å². The highest BCUT2D eigenvalue weighted by atomic mass is 35.5. The van der Waals surface area contributed by atoms with Crippen LogP contribution in [-0.4, -0.2) is 62.2 Å². The van der Waals surface area contributed by atoms with Crippen LogP contribution in [0.1, 0.15) is 91.7 Å². The highest BCUT2D eigenvalue weighted by Gasteiger charge is 2.45. The third kappa shape index (κ3) is 6.73. The molecular weight excluding hydrogens is 586 g/mol. The van der Waals surface area contributed by atoms with Gasteiger partial charge in [0, 0.05) is 6.54 Å². The lowest BCUT2D eigenvalue weighted by atomic mass is 9.74. The van der Waals surface area contributed by atoms with Crippen molar-refractivity contribution in [3.8, 4) is 0 Å². The van der Waals surface area contributed by atoms with E-state index in [1.165, 1.54) is 12.1 Å². The van der Waals surface area contributed by atoms with Crippen LogP contribution in [0.4, 0.5) is 13.2 Å². The number of alkyl halides is 3. The maximum absolute atomic E-state index is 14.5. The Balaban J connectivity index is 1.67. The lowest BCUT2D eigenvalue weighted by molar-refractivity contribution is -0.152. The molecule has 1 amide bonds. The van der Waals surface area contributed by atoms with Gasteiger partial charge in [-0.25, -0.2) is 0 Å². The quantitative estimate of drug-likeness (QED) is 0.331. The third-order valence-corrected chi connectivity index (χ3v) is 8.69. The molecule has 1 aromatic heterocycles. The molecule has 1 aliphatic carbocycles. The number of aromatic nitrogens is 2. The first kappa shape index (κ1) is 31.3. The Labute approximate surface area is 245 Å². The van der Waals surface area contributed by atoms with Gasteiger partial charge in [-0.15, -0.1) is 0 Å². The lowest BCUT2D eigenvalue weighted by Gasteiger charge is -2.34. The van der Waals surface area contributed by atoms with Gasteiger partial charge in [0.15, 0.2) is 11.5 Å². The van der Waals surface area contributed by atoms with Crippen molar-refractivity contribution < 1.29 is 37.4 Å². The van der Waals surface area contributed by atoms with E-state index < -0.39 is 64.8 Å². The van der Waals surface area contributed by atoms with Crippen LogP contribution in [0, 0.1) is 5.41 Å². The van der Waals surface area contributed by atoms with Gasteiger partial charge >= 0.3 is 12.1 Å². The van der Waals surface area contributed by atoms with Gasteiger partial charge in [-0.1, -0.05) is 29.3 Å². The summed E-state index contributed by atoms with van der Waals surface area (Å²) < 4.78 is 50.2. The number of benzene rings is 1. The average Bonchev–Trinajstić information content (AvgIpc) is 3.46. The zero-order chi connectivity index (χ0) is 30.3. The number of carboxylic acid groups (broad SMARTS) is 1. The number of ether oxygens (including phenoxy) is 1. The number of rotatable bonds is 8. The van der Waals surface area contributed by atoms with Gasteiger partial charge in [-0.05, 0) is 71.4 Å². The molecule has 2 heterocycles. The average molecular weight is 618 g/mol. The van der Waals surface area contributed by atoms with Crippen LogP contribution in [0.15, 0.2) is 24.4 Å². The molecule has 8 nitrogen and oxygen atoms in total. The number of ketones is 1. The number of carbonyl (C=O) groups excluding carboxylic acids is 2. The molecule has 0 spiro atoms. The molecule has 4 rings (SSSR count). The molecule has 1 aliphatic heterocycles. The largest absolute Gasteiger partial charge is 0.481 e. The smallest absolute Gasteiger partial charge is 0.433 e. The van der Waals surface area contributed by atoms with Crippen molar-refractivity contribution >= 4 is 40.9 Å². The Bertz CT molecular complexity index is 1320. The van der Waals surface area contributed by atoms with E-state index in [1.54, 1.807) is 13.0 Å². The topological polar surface area (TPSA) is 102 Å².